The Hall–Kier alpha value is -0.910. The van der Waals surface area contributed by atoms with Crippen molar-refractivity contribution >= 4 is 0 Å². The average molecular weight is 240 g/mol. The number of hydrogen-bond donors (Lipinski definition) is 1. The number of nitrogens with two attached hydrogens (primary N) is 1. The lowest BCUT2D eigenvalue weighted by Gasteiger charge is -2.31. The van der Waals surface area contributed by atoms with Crippen molar-refractivity contribution in [3.05, 3.63) is 17.5 Å². The van der Waals surface area contributed by atoms with Crippen LogP contribution in [0.3, 0.4) is 0 Å². The molecule has 96 valence electrons. The molecule has 1 aromatic rings. The summed E-state index contributed by atoms with van der Waals surface area (Å²) >= 11 is 0. The van der Waals surface area contributed by atoms with Crippen molar-refractivity contribution in [2.24, 2.45) is 5.73 Å². The van der Waals surface area contributed by atoms with Gasteiger partial charge in [0.1, 0.15) is 6.61 Å². The SMILES string of the molecule is CC1CC(OCc2cc(CN)no2)CC(C)O1. The standard InChI is InChI=1S/C12H20N2O3/c1-8-3-11(4-9(2)16-8)15-7-12-5-10(6-13)14-17-12/h5,8-9,11H,3-4,6-7,13H2,1-2H3. The highest BCUT2D eigenvalue weighted by Gasteiger charge is 2.25. The first-order chi connectivity index (χ1) is 8.17. The molecule has 1 aromatic heterocycles. The van der Waals surface area contributed by atoms with Crippen LogP contribution in [0, 0.1) is 0 Å². The first kappa shape index (κ1) is 12.5. The molecule has 0 spiro atoms. The zero-order chi connectivity index (χ0) is 12.3. The lowest BCUT2D eigenvalue weighted by atomic mass is 10.0. The quantitative estimate of drug-likeness (QED) is 0.865. The van der Waals surface area contributed by atoms with Crippen LogP contribution in [0.2, 0.25) is 0 Å². The molecule has 5 nitrogen and oxygen atoms in total. The van der Waals surface area contributed by atoms with Gasteiger partial charge in [-0.25, -0.2) is 0 Å². The Kier molecular flexibility index (Phi) is 4.15. The molecule has 17 heavy (non-hydrogen) atoms. The first-order valence-electron chi connectivity index (χ1n) is 6.09. The molecule has 1 fully saturated rings. The smallest absolute Gasteiger partial charge is 0.162 e. The minimum Gasteiger partial charge on any atom is -0.375 e. The van der Waals surface area contributed by atoms with Crippen LogP contribution in [0.4, 0.5) is 0 Å². The fraction of sp³-hybridized carbons (Fsp3) is 0.750. The average Bonchev–Trinajstić information content (AvgIpc) is 2.73. The predicted molar refractivity (Wildman–Crippen MR) is 62.2 cm³/mol. The van der Waals surface area contributed by atoms with Crippen molar-refractivity contribution in [2.75, 3.05) is 0 Å². The molecule has 2 heterocycles. The van der Waals surface area contributed by atoms with Crippen LogP contribution in [-0.2, 0) is 22.6 Å². The van der Waals surface area contributed by atoms with E-state index in [-0.39, 0.29) is 18.3 Å². The van der Waals surface area contributed by atoms with Gasteiger partial charge < -0.3 is 19.7 Å². The number of nitrogens with zero attached hydrogens (tertiary/aromatic N) is 1. The Labute approximate surface area is 101 Å². The van der Waals surface area contributed by atoms with Crippen molar-refractivity contribution in [1.29, 1.82) is 0 Å². The van der Waals surface area contributed by atoms with Gasteiger partial charge in [0, 0.05) is 12.6 Å². The molecule has 1 aliphatic rings. The molecule has 5 heteroatoms. The molecule has 2 N–H and O–H groups in total. The van der Waals surface area contributed by atoms with Crippen LogP contribution in [0.1, 0.15) is 38.1 Å². The van der Waals surface area contributed by atoms with E-state index < -0.39 is 0 Å². The highest BCUT2D eigenvalue weighted by atomic mass is 16.5. The van der Waals surface area contributed by atoms with Gasteiger partial charge >= 0.3 is 0 Å². The summed E-state index contributed by atoms with van der Waals surface area (Å²) in [5, 5.41) is 3.82. The van der Waals surface area contributed by atoms with Gasteiger partial charge in [0.15, 0.2) is 5.76 Å². The van der Waals surface area contributed by atoms with Crippen LogP contribution < -0.4 is 5.73 Å². The van der Waals surface area contributed by atoms with E-state index in [9.17, 15) is 0 Å². The first-order valence-corrected chi connectivity index (χ1v) is 6.09. The molecule has 1 saturated heterocycles. The van der Waals surface area contributed by atoms with Gasteiger partial charge in [0.25, 0.3) is 0 Å². The highest BCUT2D eigenvalue weighted by Crippen LogP contribution is 2.22. The maximum Gasteiger partial charge on any atom is 0.162 e. The summed E-state index contributed by atoms with van der Waals surface area (Å²) in [5.74, 6) is 0.734. The maximum absolute atomic E-state index is 5.81. The minimum absolute atomic E-state index is 0.236. The van der Waals surface area contributed by atoms with E-state index in [4.69, 9.17) is 19.7 Å². The van der Waals surface area contributed by atoms with Crippen LogP contribution in [0.25, 0.3) is 0 Å². The molecule has 2 unspecified atom stereocenters. The summed E-state index contributed by atoms with van der Waals surface area (Å²) in [6.07, 6.45) is 2.63. The third kappa shape index (κ3) is 3.52. The van der Waals surface area contributed by atoms with E-state index in [1.807, 2.05) is 6.07 Å². The maximum atomic E-state index is 5.81. The molecule has 0 radical (unpaired) electrons. The van der Waals surface area contributed by atoms with E-state index in [1.165, 1.54) is 0 Å². The fourth-order valence-corrected chi connectivity index (χ4v) is 2.20. The fourth-order valence-electron chi connectivity index (χ4n) is 2.20. The van der Waals surface area contributed by atoms with Gasteiger partial charge in [-0.15, -0.1) is 0 Å². The zero-order valence-electron chi connectivity index (χ0n) is 10.4. The summed E-state index contributed by atoms with van der Waals surface area (Å²) in [6.45, 7) is 5.01. The van der Waals surface area contributed by atoms with Crippen molar-refractivity contribution in [2.45, 2.75) is 58.2 Å². The zero-order valence-corrected chi connectivity index (χ0v) is 10.4. The van der Waals surface area contributed by atoms with E-state index >= 15 is 0 Å². The largest absolute Gasteiger partial charge is 0.375 e. The van der Waals surface area contributed by atoms with Crippen molar-refractivity contribution in [3.8, 4) is 0 Å². The van der Waals surface area contributed by atoms with Crippen molar-refractivity contribution in [1.82, 2.24) is 5.16 Å². The second-order valence-corrected chi connectivity index (χ2v) is 4.65. The second kappa shape index (κ2) is 5.62. The Morgan fingerprint density at radius 1 is 1.41 bits per heavy atom. The van der Waals surface area contributed by atoms with E-state index in [1.54, 1.807) is 0 Å². The number of rotatable bonds is 4. The van der Waals surface area contributed by atoms with Gasteiger partial charge in [-0.05, 0) is 26.7 Å². The second-order valence-electron chi connectivity index (χ2n) is 4.65. The Bertz CT molecular complexity index is 343. The lowest BCUT2D eigenvalue weighted by molar-refractivity contribution is -0.108. The van der Waals surface area contributed by atoms with Crippen LogP contribution in [0.5, 0.6) is 0 Å². The number of aromatic nitrogens is 1. The summed E-state index contributed by atoms with van der Waals surface area (Å²) in [5.41, 5.74) is 6.22. The van der Waals surface area contributed by atoms with Crippen LogP contribution in [-0.4, -0.2) is 23.5 Å². The molecular weight excluding hydrogens is 220 g/mol. The van der Waals surface area contributed by atoms with Crippen LogP contribution >= 0.6 is 0 Å². The van der Waals surface area contributed by atoms with E-state index in [0.29, 0.717) is 13.2 Å². The third-order valence-electron chi connectivity index (χ3n) is 2.93. The molecular formula is C12H20N2O3. The normalized spacial score (nSPS) is 29.5. The molecule has 0 aromatic carbocycles. The Morgan fingerprint density at radius 2 is 2.12 bits per heavy atom. The highest BCUT2D eigenvalue weighted by molar-refractivity contribution is 5.03. The summed E-state index contributed by atoms with van der Waals surface area (Å²) in [7, 11) is 0. The van der Waals surface area contributed by atoms with Crippen molar-refractivity contribution < 1.29 is 14.0 Å². The summed E-state index contributed by atoms with van der Waals surface area (Å²) in [4.78, 5) is 0. The molecule has 0 bridgehead atoms. The third-order valence-corrected chi connectivity index (χ3v) is 2.93. The molecule has 0 aliphatic carbocycles. The number of hydrogen-bond acceptors (Lipinski definition) is 5. The van der Waals surface area contributed by atoms with Crippen LogP contribution in [0.15, 0.2) is 10.6 Å². The predicted octanol–water partition coefficient (Wildman–Crippen LogP) is 1.61. The minimum atomic E-state index is 0.236. The summed E-state index contributed by atoms with van der Waals surface area (Å²) in [6, 6.07) is 1.84. The Balaban J connectivity index is 1.81. The molecule has 2 atom stereocenters. The number of ether oxygens (including phenoxy) is 2. The van der Waals surface area contributed by atoms with E-state index in [0.717, 1.165) is 24.3 Å². The van der Waals surface area contributed by atoms with E-state index in [2.05, 4.69) is 19.0 Å². The Morgan fingerprint density at radius 3 is 2.71 bits per heavy atom. The monoisotopic (exact) mass is 240 g/mol. The summed E-state index contributed by atoms with van der Waals surface area (Å²) < 4.78 is 16.6. The molecule has 0 amide bonds. The molecule has 1 aliphatic heterocycles. The van der Waals surface area contributed by atoms with Crippen molar-refractivity contribution in [3.63, 3.8) is 0 Å². The van der Waals surface area contributed by atoms with Gasteiger partial charge in [0.05, 0.1) is 24.0 Å². The van der Waals surface area contributed by atoms with Gasteiger partial charge in [0.2, 0.25) is 0 Å². The van der Waals surface area contributed by atoms with Gasteiger partial charge in [-0.2, -0.15) is 0 Å². The van der Waals surface area contributed by atoms with Gasteiger partial charge in [-0.3, -0.25) is 0 Å². The van der Waals surface area contributed by atoms with Gasteiger partial charge in [-0.1, -0.05) is 5.16 Å². The topological polar surface area (TPSA) is 70.5 Å². The lowest BCUT2D eigenvalue weighted by Crippen LogP contribution is -2.33. The molecule has 2 rings (SSSR count). The molecule has 0 saturated carbocycles.